The number of nitrogens with zero attached hydrogens (tertiary/aromatic N) is 1. The summed E-state index contributed by atoms with van der Waals surface area (Å²) >= 11 is 0. The number of carboxylic acid groups (broad SMARTS) is 1. The zero-order chi connectivity index (χ0) is 17.9. The third kappa shape index (κ3) is 4.03. The summed E-state index contributed by atoms with van der Waals surface area (Å²) in [5.41, 5.74) is 0.133. The van der Waals surface area contributed by atoms with Crippen molar-refractivity contribution in [2.75, 3.05) is 12.4 Å². The largest absolute Gasteiger partial charge is 0.496 e. The normalized spacial score (nSPS) is 11.0. The number of hydrogen-bond donors (Lipinski definition) is 2. The van der Waals surface area contributed by atoms with Crippen molar-refractivity contribution < 1.29 is 28.7 Å². The maximum atomic E-state index is 11.8. The van der Waals surface area contributed by atoms with Crippen molar-refractivity contribution in [3.8, 4) is 17.1 Å². The highest BCUT2D eigenvalue weighted by Gasteiger charge is 2.21. The van der Waals surface area contributed by atoms with Gasteiger partial charge in [-0.2, -0.15) is 0 Å². The predicted octanol–water partition coefficient (Wildman–Crippen LogP) is 3.40. The Labute approximate surface area is 138 Å². The number of aromatic nitrogens is 1. The molecule has 8 heteroatoms. The first-order chi connectivity index (χ1) is 11.2. The number of ether oxygens (including phenoxy) is 2. The number of aromatic carboxylic acids is 1. The number of amides is 1. The molecular weight excluding hydrogens is 316 g/mol. The van der Waals surface area contributed by atoms with Crippen LogP contribution in [0.15, 0.2) is 28.9 Å². The molecule has 2 rings (SSSR count). The number of anilines is 1. The fraction of sp³-hybridized carbons (Fsp3) is 0.312. The van der Waals surface area contributed by atoms with Gasteiger partial charge in [-0.25, -0.2) is 9.59 Å². The first-order valence-corrected chi connectivity index (χ1v) is 7.07. The molecule has 1 aromatic carbocycles. The quantitative estimate of drug-likeness (QED) is 0.881. The smallest absolute Gasteiger partial charge is 0.412 e. The van der Waals surface area contributed by atoms with E-state index in [0.717, 1.165) is 6.20 Å². The Bertz CT molecular complexity index is 760. The number of nitrogens with one attached hydrogen (secondary N) is 1. The molecule has 0 unspecified atom stereocenters. The number of benzene rings is 1. The third-order valence-corrected chi connectivity index (χ3v) is 2.89. The van der Waals surface area contributed by atoms with Crippen molar-refractivity contribution in [1.82, 2.24) is 5.16 Å². The number of carboxylic acids is 1. The van der Waals surface area contributed by atoms with E-state index in [1.54, 1.807) is 32.9 Å². The molecule has 1 aromatic heterocycles. The van der Waals surface area contributed by atoms with Gasteiger partial charge in [-0.3, -0.25) is 5.32 Å². The van der Waals surface area contributed by atoms with E-state index in [0.29, 0.717) is 17.0 Å². The van der Waals surface area contributed by atoms with E-state index in [-0.39, 0.29) is 11.3 Å². The van der Waals surface area contributed by atoms with Gasteiger partial charge in [0.2, 0.25) is 0 Å². The number of hydrogen-bond acceptors (Lipinski definition) is 6. The monoisotopic (exact) mass is 334 g/mol. The highest BCUT2D eigenvalue weighted by Crippen LogP contribution is 2.34. The Morgan fingerprint density at radius 2 is 2.00 bits per heavy atom. The molecule has 0 fully saturated rings. The number of rotatable bonds is 4. The molecule has 0 saturated carbocycles. The lowest BCUT2D eigenvalue weighted by Crippen LogP contribution is -2.27. The van der Waals surface area contributed by atoms with Crippen LogP contribution >= 0.6 is 0 Å². The van der Waals surface area contributed by atoms with Crippen LogP contribution in [0.1, 0.15) is 31.1 Å². The van der Waals surface area contributed by atoms with Crippen molar-refractivity contribution in [3.63, 3.8) is 0 Å². The van der Waals surface area contributed by atoms with Gasteiger partial charge in [0.1, 0.15) is 16.9 Å². The molecular formula is C16H18N2O6. The number of methoxy groups -OCH3 is 1. The van der Waals surface area contributed by atoms with E-state index in [4.69, 9.17) is 19.1 Å². The molecule has 1 heterocycles. The SMILES string of the molecule is COc1cc(NC(=O)OC(C)(C)C)ccc1-c1oncc1C(=O)O. The van der Waals surface area contributed by atoms with Crippen LogP contribution in [-0.4, -0.2) is 35.0 Å². The standard InChI is InChI=1S/C16H18N2O6/c1-16(2,3)23-15(21)18-9-5-6-10(12(7-9)22-4)13-11(14(19)20)8-17-24-13/h5-8H,1-4H3,(H,18,21)(H,19,20). The lowest BCUT2D eigenvalue weighted by molar-refractivity contribution is 0.0634. The second-order valence-electron chi connectivity index (χ2n) is 5.92. The fourth-order valence-electron chi connectivity index (χ4n) is 1.96. The third-order valence-electron chi connectivity index (χ3n) is 2.89. The summed E-state index contributed by atoms with van der Waals surface area (Å²) in [6, 6.07) is 4.68. The average molecular weight is 334 g/mol. The molecule has 24 heavy (non-hydrogen) atoms. The molecule has 0 spiro atoms. The molecule has 0 aliphatic heterocycles. The summed E-state index contributed by atoms with van der Waals surface area (Å²) in [5, 5.41) is 15.2. The molecule has 0 atom stereocenters. The van der Waals surface area contributed by atoms with Gasteiger partial charge in [0.25, 0.3) is 0 Å². The Morgan fingerprint density at radius 1 is 1.29 bits per heavy atom. The second-order valence-corrected chi connectivity index (χ2v) is 5.92. The highest BCUT2D eigenvalue weighted by molar-refractivity contribution is 5.95. The predicted molar refractivity (Wildman–Crippen MR) is 85.3 cm³/mol. The first-order valence-electron chi connectivity index (χ1n) is 7.07. The Balaban J connectivity index is 2.30. The lowest BCUT2D eigenvalue weighted by atomic mass is 10.1. The van der Waals surface area contributed by atoms with Crippen molar-refractivity contribution in [1.29, 1.82) is 0 Å². The molecule has 0 aliphatic carbocycles. The van der Waals surface area contributed by atoms with E-state index in [2.05, 4.69) is 10.5 Å². The number of carbonyl (C=O) groups is 2. The minimum Gasteiger partial charge on any atom is -0.496 e. The van der Waals surface area contributed by atoms with Gasteiger partial charge in [0.05, 0.1) is 18.9 Å². The van der Waals surface area contributed by atoms with E-state index in [1.165, 1.54) is 13.2 Å². The van der Waals surface area contributed by atoms with Crippen molar-refractivity contribution >= 4 is 17.7 Å². The summed E-state index contributed by atoms with van der Waals surface area (Å²) in [4.78, 5) is 23.0. The highest BCUT2D eigenvalue weighted by atomic mass is 16.6. The van der Waals surface area contributed by atoms with Crippen LogP contribution < -0.4 is 10.1 Å². The molecule has 128 valence electrons. The maximum absolute atomic E-state index is 11.8. The van der Waals surface area contributed by atoms with Gasteiger partial charge in [-0.15, -0.1) is 0 Å². The van der Waals surface area contributed by atoms with Crippen LogP contribution in [0.2, 0.25) is 0 Å². The van der Waals surface area contributed by atoms with Gasteiger partial charge >= 0.3 is 12.1 Å². The first kappa shape index (κ1) is 17.3. The van der Waals surface area contributed by atoms with Gasteiger partial charge in [-0.1, -0.05) is 5.16 Å². The Hall–Kier alpha value is -3.03. The van der Waals surface area contributed by atoms with E-state index < -0.39 is 17.7 Å². The van der Waals surface area contributed by atoms with Crippen molar-refractivity contribution in [3.05, 3.63) is 30.0 Å². The topological polar surface area (TPSA) is 111 Å². The van der Waals surface area contributed by atoms with Crippen LogP contribution in [0, 0.1) is 0 Å². The van der Waals surface area contributed by atoms with E-state index in [1.807, 2.05) is 0 Å². The molecule has 1 amide bonds. The maximum Gasteiger partial charge on any atom is 0.412 e. The summed E-state index contributed by atoms with van der Waals surface area (Å²) in [5.74, 6) is -0.768. The van der Waals surface area contributed by atoms with Gasteiger partial charge < -0.3 is 19.1 Å². The molecule has 2 aromatic rings. The zero-order valence-electron chi connectivity index (χ0n) is 13.7. The van der Waals surface area contributed by atoms with Crippen LogP contribution in [0.3, 0.4) is 0 Å². The summed E-state index contributed by atoms with van der Waals surface area (Å²) in [6.07, 6.45) is 0.507. The molecule has 0 radical (unpaired) electrons. The van der Waals surface area contributed by atoms with Crippen LogP contribution in [-0.2, 0) is 4.74 Å². The average Bonchev–Trinajstić information content (AvgIpc) is 2.94. The minimum atomic E-state index is -1.16. The molecule has 0 aliphatic rings. The van der Waals surface area contributed by atoms with Crippen molar-refractivity contribution in [2.45, 2.75) is 26.4 Å². The van der Waals surface area contributed by atoms with Gasteiger partial charge in [0.15, 0.2) is 5.76 Å². The molecule has 2 N–H and O–H groups in total. The summed E-state index contributed by atoms with van der Waals surface area (Å²) < 4.78 is 15.4. The molecule has 0 saturated heterocycles. The van der Waals surface area contributed by atoms with E-state index >= 15 is 0 Å². The van der Waals surface area contributed by atoms with Gasteiger partial charge in [0, 0.05) is 11.8 Å². The lowest BCUT2D eigenvalue weighted by Gasteiger charge is -2.20. The van der Waals surface area contributed by atoms with Crippen molar-refractivity contribution in [2.24, 2.45) is 0 Å². The van der Waals surface area contributed by atoms with E-state index in [9.17, 15) is 9.59 Å². The molecule has 8 nitrogen and oxygen atoms in total. The Morgan fingerprint density at radius 3 is 2.58 bits per heavy atom. The van der Waals surface area contributed by atoms with Crippen LogP contribution in [0.25, 0.3) is 11.3 Å². The minimum absolute atomic E-state index is 0.0724. The zero-order valence-corrected chi connectivity index (χ0v) is 13.7. The van der Waals surface area contributed by atoms with Crippen LogP contribution in [0.4, 0.5) is 10.5 Å². The summed E-state index contributed by atoms with van der Waals surface area (Å²) in [7, 11) is 1.42. The Kier molecular flexibility index (Phi) is 4.77. The summed E-state index contributed by atoms with van der Waals surface area (Å²) in [6.45, 7) is 5.27. The fourth-order valence-corrected chi connectivity index (χ4v) is 1.96. The van der Waals surface area contributed by atoms with Crippen LogP contribution in [0.5, 0.6) is 5.75 Å². The van der Waals surface area contributed by atoms with Gasteiger partial charge in [-0.05, 0) is 32.9 Å². The molecule has 0 bridgehead atoms. The number of carbonyl (C=O) groups excluding carboxylic acids is 1. The second kappa shape index (κ2) is 6.61.